The van der Waals surface area contributed by atoms with E-state index < -0.39 is 27.3 Å². The van der Waals surface area contributed by atoms with E-state index >= 15 is 0 Å². The molecule has 1 saturated heterocycles. The van der Waals surface area contributed by atoms with Crippen molar-refractivity contribution in [2.75, 3.05) is 18.4 Å². The maximum Gasteiger partial charge on any atom is 0.420 e. The fraction of sp³-hybridized carbons (Fsp3) is 0.455. The van der Waals surface area contributed by atoms with Crippen molar-refractivity contribution in [1.29, 1.82) is 0 Å². The third-order valence-electron chi connectivity index (χ3n) is 6.40. The zero-order valence-electron chi connectivity index (χ0n) is 20.1. The number of amides is 1. The molecule has 0 atom stereocenters. The molecule has 10 nitrogen and oxygen atoms in total. The zero-order chi connectivity index (χ0) is 26.8. The molecular weight excluding hydrogens is 531 g/mol. The summed E-state index contributed by atoms with van der Waals surface area (Å²) >= 11 is 1.09. The normalized spacial score (nSPS) is 18.6. The molecule has 0 aromatic carbocycles. The molecule has 1 amide bonds. The van der Waals surface area contributed by atoms with Crippen LogP contribution < -0.4 is 10.6 Å². The largest absolute Gasteiger partial charge is 0.420 e. The number of alkyl halides is 3. The summed E-state index contributed by atoms with van der Waals surface area (Å²) in [4.78, 5) is 21.4. The molecule has 1 fully saturated rings. The lowest BCUT2D eigenvalue weighted by molar-refractivity contribution is -0.137. The number of nitrogens with one attached hydrogen (secondary N) is 2. The standard InChI is InChI=1S/C22H24F3N7O3S2/c1-21(2)18-14(19(33)30-21)8-16(36-18)17-15(22(23,24)25)10-26-20(29-17)28-12-4-6-32(7-5-12)37(34,35)13-9-27-31(3)11-13/h8-12H,4-7H2,1-3H3,(H,30,33)(H,26,28,29). The number of carbonyl (C=O) groups is 1. The molecule has 5 heterocycles. The fourth-order valence-corrected chi connectivity index (χ4v) is 7.17. The first kappa shape index (κ1) is 25.6. The van der Waals surface area contributed by atoms with E-state index in [2.05, 4.69) is 25.7 Å². The van der Waals surface area contributed by atoms with Crippen LogP contribution in [-0.4, -0.2) is 57.5 Å². The predicted octanol–water partition coefficient (Wildman–Crippen LogP) is 3.20. The first-order chi connectivity index (χ1) is 17.3. The lowest BCUT2D eigenvalue weighted by Gasteiger charge is -2.31. The molecule has 0 spiro atoms. The van der Waals surface area contributed by atoms with Crippen LogP contribution in [0.4, 0.5) is 19.1 Å². The molecular formula is C22H24F3N7O3S2. The Morgan fingerprint density at radius 2 is 1.92 bits per heavy atom. The molecule has 0 unspecified atom stereocenters. The highest BCUT2D eigenvalue weighted by Crippen LogP contribution is 2.44. The van der Waals surface area contributed by atoms with E-state index in [1.807, 2.05) is 0 Å². The van der Waals surface area contributed by atoms with Crippen molar-refractivity contribution in [3.05, 3.63) is 40.7 Å². The highest BCUT2D eigenvalue weighted by Gasteiger charge is 2.40. The van der Waals surface area contributed by atoms with E-state index in [4.69, 9.17) is 0 Å². The van der Waals surface area contributed by atoms with Crippen molar-refractivity contribution in [2.45, 2.75) is 49.3 Å². The number of piperidine rings is 1. The fourth-order valence-electron chi connectivity index (χ4n) is 4.50. The van der Waals surface area contributed by atoms with Crippen LogP contribution in [0.3, 0.4) is 0 Å². The quantitative estimate of drug-likeness (QED) is 0.496. The first-order valence-corrected chi connectivity index (χ1v) is 13.7. The number of nitrogens with zero attached hydrogens (tertiary/aromatic N) is 5. The SMILES string of the molecule is Cn1cc(S(=O)(=O)N2CCC(Nc3ncc(C(F)(F)F)c(-c4cc5c(s4)C(C)(C)NC5=O)n3)CC2)cn1. The molecule has 2 N–H and O–H groups in total. The first-order valence-electron chi connectivity index (χ1n) is 11.4. The van der Waals surface area contributed by atoms with Crippen LogP contribution in [0.5, 0.6) is 0 Å². The molecule has 0 bridgehead atoms. The van der Waals surface area contributed by atoms with Gasteiger partial charge in [-0.3, -0.25) is 9.48 Å². The summed E-state index contributed by atoms with van der Waals surface area (Å²) in [6, 6.07) is 1.20. The van der Waals surface area contributed by atoms with Crippen molar-refractivity contribution in [3.8, 4) is 10.6 Å². The molecule has 0 radical (unpaired) electrons. The van der Waals surface area contributed by atoms with E-state index in [0.717, 1.165) is 17.5 Å². The average Bonchev–Trinajstić information content (AvgIpc) is 3.50. The molecule has 2 aliphatic heterocycles. The van der Waals surface area contributed by atoms with Crippen LogP contribution >= 0.6 is 11.3 Å². The van der Waals surface area contributed by atoms with Crippen molar-refractivity contribution < 1.29 is 26.4 Å². The van der Waals surface area contributed by atoms with Gasteiger partial charge in [-0.05, 0) is 32.8 Å². The maximum absolute atomic E-state index is 13.8. The van der Waals surface area contributed by atoms with Gasteiger partial charge in [0.1, 0.15) is 10.5 Å². The second kappa shape index (κ2) is 8.77. The molecule has 2 aliphatic rings. The Kier molecular flexibility index (Phi) is 6.07. The van der Waals surface area contributed by atoms with Crippen LogP contribution in [-0.2, 0) is 28.8 Å². The van der Waals surface area contributed by atoms with Gasteiger partial charge in [-0.25, -0.2) is 18.4 Å². The monoisotopic (exact) mass is 555 g/mol. The summed E-state index contributed by atoms with van der Waals surface area (Å²) in [5.74, 6) is -0.328. The van der Waals surface area contributed by atoms with Gasteiger partial charge in [-0.15, -0.1) is 11.3 Å². The summed E-state index contributed by atoms with van der Waals surface area (Å²) < 4.78 is 69.8. The van der Waals surface area contributed by atoms with Gasteiger partial charge < -0.3 is 10.6 Å². The van der Waals surface area contributed by atoms with Crippen molar-refractivity contribution in [2.24, 2.45) is 7.05 Å². The van der Waals surface area contributed by atoms with Crippen LogP contribution in [0.1, 0.15) is 47.5 Å². The number of aryl methyl sites for hydroxylation is 1. The summed E-state index contributed by atoms with van der Waals surface area (Å²) in [5.41, 5.74) is -1.64. The van der Waals surface area contributed by atoms with Crippen LogP contribution in [0.25, 0.3) is 10.6 Å². The molecule has 15 heteroatoms. The molecule has 198 valence electrons. The summed E-state index contributed by atoms with van der Waals surface area (Å²) in [6.07, 6.45) is -0.387. The number of fused-ring (bicyclic) bond motifs is 1. The second-order valence-electron chi connectivity index (χ2n) is 9.56. The van der Waals surface area contributed by atoms with E-state index in [1.165, 1.54) is 27.4 Å². The Balaban J connectivity index is 1.37. The van der Waals surface area contributed by atoms with Crippen LogP contribution in [0, 0.1) is 0 Å². The number of anilines is 1. The van der Waals surface area contributed by atoms with Gasteiger partial charge in [0.05, 0.1) is 27.9 Å². The Hall–Kier alpha value is -3.04. The summed E-state index contributed by atoms with van der Waals surface area (Å²) in [7, 11) is -2.05. The number of hydrogen-bond acceptors (Lipinski definition) is 8. The lowest BCUT2D eigenvalue weighted by atomic mass is 10.0. The Morgan fingerprint density at radius 3 is 2.51 bits per heavy atom. The van der Waals surface area contributed by atoms with Gasteiger partial charge in [0.2, 0.25) is 16.0 Å². The number of hydrogen-bond donors (Lipinski definition) is 2. The van der Waals surface area contributed by atoms with Crippen molar-refractivity contribution in [3.63, 3.8) is 0 Å². The van der Waals surface area contributed by atoms with Gasteiger partial charge in [0.25, 0.3) is 5.91 Å². The number of thiophene rings is 1. The van der Waals surface area contributed by atoms with Crippen LogP contribution in [0.15, 0.2) is 29.6 Å². The van der Waals surface area contributed by atoms with E-state index in [-0.39, 0.29) is 46.5 Å². The molecule has 0 saturated carbocycles. The number of sulfonamides is 1. The zero-order valence-corrected chi connectivity index (χ0v) is 21.8. The van der Waals surface area contributed by atoms with Gasteiger partial charge in [-0.1, -0.05) is 0 Å². The summed E-state index contributed by atoms with van der Waals surface area (Å²) in [5, 5.41) is 9.78. The number of carbonyl (C=O) groups excluding carboxylic acids is 1. The third kappa shape index (κ3) is 4.70. The number of aromatic nitrogens is 4. The van der Waals surface area contributed by atoms with Gasteiger partial charge in [0, 0.05) is 43.4 Å². The highest BCUT2D eigenvalue weighted by molar-refractivity contribution is 7.89. The van der Waals surface area contributed by atoms with Crippen molar-refractivity contribution >= 4 is 33.2 Å². The maximum atomic E-state index is 13.8. The second-order valence-corrected chi connectivity index (χ2v) is 12.5. The van der Waals surface area contributed by atoms with Crippen molar-refractivity contribution in [1.82, 2.24) is 29.4 Å². The van der Waals surface area contributed by atoms with Gasteiger partial charge in [-0.2, -0.15) is 22.6 Å². The van der Waals surface area contributed by atoms with E-state index in [1.54, 1.807) is 20.9 Å². The topological polar surface area (TPSA) is 122 Å². The molecule has 37 heavy (non-hydrogen) atoms. The molecule has 5 rings (SSSR count). The average molecular weight is 556 g/mol. The molecule has 3 aromatic heterocycles. The molecule has 3 aromatic rings. The van der Waals surface area contributed by atoms with Gasteiger partial charge in [0.15, 0.2) is 0 Å². The number of halogens is 3. The summed E-state index contributed by atoms with van der Waals surface area (Å²) in [6.45, 7) is 4.03. The Bertz CT molecular complexity index is 1470. The predicted molar refractivity (Wildman–Crippen MR) is 129 cm³/mol. The molecule has 0 aliphatic carbocycles. The Labute approximate surface area is 215 Å². The smallest absolute Gasteiger partial charge is 0.351 e. The van der Waals surface area contributed by atoms with E-state index in [0.29, 0.717) is 23.3 Å². The Morgan fingerprint density at radius 1 is 1.22 bits per heavy atom. The minimum Gasteiger partial charge on any atom is -0.351 e. The number of rotatable bonds is 5. The minimum atomic E-state index is -4.69. The lowest BCUT2D eigenvalue weighted by Crippen LogP contribution is -2.42. The highest BCUT2D eigenvalue weighted by atomic mass is 32.2. The minimum absolute atomic E-state index is 0.00818. The third-order valence-corrected chi connectivity index (χ3v) is 9.72. The van der Waals surface area contributed by atoms with Gasteiger partial charge >= 0.3 is 6.18 Å². The van der Waals surface area contributed by atoms with E-state index in [9.17, 15) is 26.4 Å². The van der Waals surface area contributed by atoms with Crippen LogP contribution in [0.2, 0.25) is 0 Å².